The van der Waals surface area contributed by atoms with Gasteiger partial charge in [-0.15, -0.1) is 0 Å². The quantitative estimate of drug-likeness (QED) is 0.855. The summed E-state index contributed by atoms with van der Waals surface area (Å²) >= 11 is 0. The number of nitrogens with zero attached hydrogens (tertiary/aromatic N) is 1. The molecule has 0 saturated heterocycles. The Kier molecular flexibility index (Phi) is 3.33. The fraction of sp³-hybridized carbons (Fsp3) is 0.368. The lowest BCUT2D eigenvalue weighted by Gasteiger charge is -2.27. The predicted molar refractivity (Wildman–Crippen MR) is 90.9 cm³/mol. The first kappa shape index (κ1) is 14.2. The molecule has 0 radical (unpaired) electrons. The van der Waals surface area contributed by atoms with Gasteiger partial charge >= 0.3 is 0 Å². The molecule has 0 spiro atoms. The van der Waals surface area contributed by atoms with Crippen molar-refractivity contribution in [2.45, 2.75) is 38.6 Å². The van der Waals surface area contributed by atoms with Crippen LogP contribution in [0.15, 0.2) is 30.3 Å². The number of unbranched alkanes of at least 4 members (excludes halogenated alkanes) is 1. The Hall–Kier alpha value is -2.36. The van der Waals surface area contributed by atoms with Crippen molar-refractivity contribution in [2.24, 2.45) is 0 Å². The third-order valence-electron chi connectivity index (χ3n) is 4.66. The second-order valence-electron chi connectivity index (χ2n) is 6.42. The van der Waals surface area contributed by atoms with Gasteiger partial charge in [0, 0.05) is 40.2 Å². The fourth-order valence-electron chi connectivity index (χ4n) is 3.24. The molecule has 2 aromatic rings. The molecule has 4 rings (SSSR count). The van der Waals surface area contributed by atoms with Crippen LogP contribution in [0, 0.1) is 0 Å². The van der Waals surface area contributed by atoms with E-state index in [0.29, 0.717) is 23.7 Å². The van der Waals surface area contributed by atoms with Gasteiger partial charge in [-0.3, -0.25) is 14.5 Å². The zero-order valence-corrected chi connectivity index (χ0v) is 13.3. The van der Waals surface area contributed by atoms with E-state index in [2.05, 4.69) is 12.2 Å². The molecule has 1 N–H and O–H groups in total. The summed E-state index contributed by atoms with van der Waals surface area (Å²) in [5, 5.41) is 5.28. The van der Waals surface area contributed by atoms with E-state index in [9.17, 15) is 9.59 Å². The van der Waals surface area contributed by atoms with Gasteiger partial charge in [-0.2, -0.15) is 0 Å². The van der Waals surface area contributed by atoms with E-state index in [-0.39, 0.29) is 11.8 Å². The highest BCUT2D eigenvalue weighted by Gasteiger charge is 2.33. The van der Waals surface area contributed by atoms with Gasteiger partial charge in [-0.1, -0.05) is 25.5 Å². The number of carbonyl (C=O) groups is 2. The number of carbonyl (C=O) groups excluding carboxylic acids is 2. The minimum absolute atomic E-state index is 0.162. The lowest BCUT2D eigenvalue weighted by molar-refractivity contribution is 0.0608. The van der Waals surface area contributed by atoms with Crippen LogP contribution in [0.4, 0.5) is 5.69 Å². The zero-order chi connectivity index (χ0) is 16.0. The largest absolute Gasteiger partial charge is 0.382 e. The maximum atomic E-state index is 12.8. The Morgan fingerprint density at radius 1 is 1.09 bits per heavy atom. The molecule has 0 unspecified atom stereocenters. The van der Waals surface area contributed by atoms with Gasteiger partial charge < -0.3 is 5.32 Å². The van der Waals surface area contributed by atoms with E-state index in [0.717, 1.165) is 29.3 Å². The van der Waals surface area contributed by atoms with Crippen molar-refractivity contribution in [3.05, 3.63) is 41.5 Å². The number of nitrogens with one attached hydrogen (secondary N) is 1. The standard InChI is InChI=1S/C19H20N2O2/c1-2-3-11-21-18(22)14-6-4-5-13-16(20-12-7-8-12)10-9-15(17(13)14)19(21)23/h4-6,9-10,12,20H,2-3,7-8,11H2,1H3. The summed E-state index contributed by atoms with van der Waals surface area (Å²) in [5.74, 6) is -0.324. The summed E-state index contributed by atoms with van der Waals surface area (Å²) in [6.45, 7) is 2.55. The topological polar surface area (TPSA) is 49.4 Å². The monoisotopic (exact) mass is 308 g/mol. The molecule has 1 aliphatic heterocycles. The number of amides is 2. The maximum absolute atomic E-state index is 12.8. The second-order valence-corrected chi connectivity index (χ2v) is 6.42. The average Bonchev–Trinajstić information content (AvgIpc) is 3.37. The molecule has 1 aliphatic carbocycles. The average molecular weight is 308 g/mol. The highest BCUT2D eigenvalue weighted by Crippen LogP contribution is 2.36. The smallest absolute Gasteiger partial charge is 0.261 e. The lowest BCUT2D eigenvalue weighted by Crippen LogP contribution is -2.40. The molecule has 4 heteroatoms. The molecular formula is C19H20N2O2. The van der Waals surface area contributed by atoms with Crippen molar-refractivity contribution in [1.29, 1.82) is 0 Å². The first-order valence-corrected chi connectivity index (χ1v) is 8.39. The van der Waals surface area contributed by atoms with E-state index in [1.807, 2.05) is 30.3 Å². The number of anilines is 1. The Morgan fingerprint density at radius 3 is 2.52 bits per heavy atom. The van der Waals surface area contributed by atoms with Gasteiger partial charge in [0.15, 0.2) is 0 Å². The lowest BCUT2D eigenvalue weighted by atomic mass is 9.93. The van der Waals surface area contributed by atoms with Crippen LogP contribution in [0.25, 0.3) is 10.8 Å². The summed E-state index contributed by atoms with van der Waals surface area (Å²) in [7, 11) is 0. The minimum Gasteiger partial charge on any atom is -0.382 e. The van der Waals surface area contributed by atoms with Crippen LogP contribution >= 0.6 is 0 Å². The van der Waals surface area contributed by atoms with E-state index < -0.39 is 0 Å². The third-order valence-corrected chi connectivity index (χ3v) is 4.66. The summed E-state index contributed by atoms with van der Waals surface area (Å²) in [4.78, 5) is 26.9. The molecule has 0 atom stereocenters. The highest BCUT2D eigenvalue weighted by molar-refractivity contribution is 6.26. The van der Waals surface area contributed by atoms with E-state index in [1.165, 1.54) is 17.7 Å². The van der Waals surface area contributed by atoms with Crippen molar-refractivity contribution >= 4 is 28.3 Å². The molecule has 1 saturated carbocycles. The minimum atomic E-state index is -0.162. The molecular weight excluding hydrogens is 288 g/mol. The van der Waals surface area contributed by atoms with Crippen molar-refractivity contribution < 1.29 is 9.59 Å². The molecule has 2 aliphatic rings. The van der Waals surface area contributed by atoms with Gasteiger partial charge in [-0.05, 0) is 37.5 Å². The Labute approximate surface area is 135 Å². The summed E-state index contributed by atoms with van der Waals surface area (Å²) < 4.78 is 0. The van der Waals surface area contributed by atoms with Gasteiger partial charge in [-0.25, -0.2) is 0 Å². The van der Waals surface area contributed by atoms with Gasteiger partial charge in [0.1, 0.15) is 0 Å². The van der Waals surface area contributed by atoms with Crippen LogP contribution in [0.3, 0.4) is 0 Å². The van der Waals surface area contributed by atoms with Crippen molar-refractivity contribution in [2.75, 3.05) is 11.9 Å². The summed E-state index contributed by atoms with van der Waals surface area (Å²) in [6.07, 6.45) is 4.17. The maximum Gasteiger partial charge on any atom is 0.261 e. The Balaban J connectivity index is 1.85. The Bertz CT molecular complexity index is 786. The first-order valence-electron chi connectivity index (χ1n) is 8.39. The number of hydrogen-bond donors (Lipinski definition) is 1. The van der Waals surface area contributed by atoms with Gasteiger partial charge in [0.2, 0.25) is 0 Å². The van der Waals surface area contributed by atoms with Crippen molar-refractivity contribution in [1.82, 2.24) is 4.90 Å². The summed E-state index contributed by atoms with van der Waals surface area (Å²) in [5.41, 5.74) is 2.32. The van der Waals surface area contributed by atoms with Crippen LogP contribution in [0.1, 0.15) is 53.3 Å². The third kappa shape index (κ3) is 2.29. The van der Waals surface area contributed by atoms with Crippen LogP contribution in [-0.4, -0.2) is 29.3 Å². The number of benzene rings is 2. The molecule has 1 heterocycles. The van der Waals surface area contributed by atoms with E-state index >= 15 is 0 Å². The molecule has 2 amide bonds. The van der Waals surface area contributed by atoms with Crippen LogP contribution in [0.5, 0.6) is 0 Å². The van der Waals surface area contributed by atoms with Crippen molar-refractivity contribution in [3.8, 4) is 0 Å². The van der Waals surface area contributed by atoms with Crippen molar-refractivity contribution in [3.63, 3.8) is 0 Å². The predicted octanol–water partition coefficient (Wildman–Crippen LogP) is 3.81. The van der Waals surface area contributed by atoms with Crippen LogP contribution in [0.2, 0.25) is 0 Å². The second kappa shape index (κ2) is 5.37. The van der Waals surface area contributed by atoms with Gasteiger partial charge in [0.05, 0.1) is 0 Å². The molecule has 118 valence electrons. The molecule has 4 nitrogen and oxygen atoms in total. The highest BCUT2D eigenvalue weighted by atomic mass is 16.2. The molecule has 0 bridgehead atoms. The van der Waals surface area contributed by atoms with Crippen LogP contribution < -0.4 is 5.32 Å². The number of rotatable bonds is 5. The SMILES string of the molecule is CCCCN1C(=O)c2cccc3c(NC4CC4)ccc(c23)C1=O. The fourth-order valence-corrected chi connectivity index (χ4v) is 3.24. The molecule has 23 heavy (non-hydrogen) atoms. The molecule has 1 fully saturated rings. The number of hydrogen-bond acceptors (Lipinski definition) is 3. The normalized spacial score (nSPS) is 17.0. The Morgan fingerprint density at radius 2 is 1.83 bits per heavy atom. The first-order chi connectivity index (χ1) is 11.2. The van der Waals surface area contributed by atoms with E-state index in [1.54, 1.807) is 0 Å². The van der Waals surface area contributed by atoms with E-state index in [4.69, 9.17) is 0 Å². The zero-order valence-electron chi connectivity index (χ0n) is 13.3. The summed E-state index contributed by atoms with van der Waals surface area (Å²) in [6, 6.07) is 10.1. The van der Waals surface area contributed by atoms with Crippen LogP contribution in [-0.2, 0) is 0 Å². The number of imide groups is 1. The molecule has 2 aromatic carbocycles. The van der Waals surface area contributed by atoms with Gasteiger partial charge in [0.25, 0.3) is 11.8 Å². The molecule has 0 aromatic heterocycles.